The standard InChI is InChI=1S/C13H22N2O5/c1-9(12(18)20-3)8-14(2)13(19)15-7-5-4-6-10(15)11(16)17/h9-10H,4-8H2,1-3H3,(H,16,17). The van der Waals surface area contributed by atoms with Crippen molar-refractivity contribution in [1.82, 2.24) is 9.80 Å². The van der Waals surface area contributed by atoms with Crippen molar-refractivity contribution < 1.29 is 24.2 Å². The lowest BCUT2D eigenvalue weighted by Gasteiger charge is -2.36. The van der Waals surface area contributed by atoms with Crippen LogP contribution < -0.4 is 0 Å². The maximum atomic E-state index is 12.3. The minimum absolute atomic E-state index is 0.203. The first kappa shape index (κ1) is 16.3. The van der Waals surface area contributed by atoms with Crippen molar-refractivity contribution in [3.8, 4) is 0 Å². The molecule has 1 saturated heterocycles. The van der Waals surface area contributed by atoms with Gasteiger partial charge in [-0.3, -0.25) is 4.79 Å². The van der Waals surface area contributed by atoms with Crippen LogP contribution in [-0.4, -0.2) is 66.2 Å². The van der Waals surface area contributed by atoms with E-state index in [0.717, 1.165) is 12.8 Å². The van der Waals surface area contributed by atoms with Gasteiger partial charge in [0.2, 0.25) is 0 Å². The van der Waals surface area contributed by atoms with Gasteiger partial charge in [0.1, 0.15) is 6.04 Å². The summed E-state index contributed by atoms with van der Waals surface area (Å²) in [6, 6.07) is -1.13. The predicted octanol–water partition coefficient (Wildman–Crippen LogP) is 0.786. The van der Waals surface area contributed by atoms with Crippen LogP contribution in [0.15, 0.2) is 0 Å². The zero-order chi connectivity index (χ0) is 15.3. The number of likely N-dealkylation sites (tertiary alicyclic amines) is 1. The molecule has 1 aliphatic rings. The lowest BCUT2D eigenvalue weighted by atomic mass is 10.0. The number of carboxylic acid groups (broad SMARTS) is 1. The molecule has 0 aromatic heterocycles. The number of hydrogen-bond donors (Lipinski definition) is 1. The summed E-state index contributed by atoms with van der Waals surface area (Å²) in [6.07, 6.45) is 2.08. The summed E-state index contributed by atoms with van der Waals surface area (Å²) in [4.78, 5) is 37.6. The van der Waals surface area contributed by atoms with E-state index in [4.69, 9.17) is 5.11 Å². The second-order valence-electron chi connectivity index (χ2n) is 5.13. The third-order valence-electron chi connectivity index (χ3n) is 3.51. The zero-order valence-electron chi connectivity index (χ0n) is 12.2. The molecule has 0 spiro atoms. The average molecular weight is 286 g/mol. The third kappa shape index (κ3) is 3.85. The molecule has 1 fully saturated rings. The van der Waals surface area contributed by atoms with Crippen molar-refractivity contribution in [3.63, 3.8) is 0 Å². The number of esters is 1. The van der Waals surface area contributed by atoms with Crippen LogP contribution in [0.25, 0.3) is 0 Å². The molecule has 0 saturated carbocycles. The highest BCUT2D eigenvalue weighted by Crippen LogP contribution is 2.19. The molecule has 7 heteroatoms. The van der Waals surface area contributed by atoms with Gasteiger partial charge in [0.25, 0.3) is 0 Å². The molecular weight excluding hydrogens is 264 g/mol. The molecule has 0 radical (unpaired) electrons. The van der Waals surface area contributed by atoms with Crippen molar-refractivity contribution in [2.75, 3.05) is 27.2 Å². The van der Waals surface area contributed by atoms with Crippen molar-refractivity contribution in [3.05, 3.63) is 0 Å². The predicted molar refractivity (Wildman–Crippen MR) is 71.2 cm³/mol. The van der Waals surface area contributed by atoms with Gasteiger partial charge in [-0.1, -0.05) is 6.92 Å². The number of carbonyl (C=O) groups excluding carboxylic acids is 2. The Kier molecular flexibility index (Phi) is 5.79. The molecule has 114 valence electrons. The monoisotopic (exact) mass is 286 g/mol. The maximum Gasteiger partial charge on any atom is 0.326 e. The van der Waals surface area contributed by atoms with Gasteiger partial charge in [-0.2, -0.15) is 0 Å². The van der Waals surface area contributed by atoms with Gasteiger partial charge >= 0.3 is 18.0 Å². The molecule has 0 aromatic rings. The first-order valence-electron chi connectivity index (χ1n) is 6.70. The Balaban J connectivity index is 2.67. The van der Waals surface area contributed by atoms with E-state index in [0.29, 0.717) is 13.0 Å². The van der Waals surface area contributed by atoms with E-state index >= 15 is 0 Å². The first-order chi connectivity index (χ1) is 9.38. The molecule has 20 heavy (non-hydrogen) atoms. The lowest BCUT2D eigenvalue weighted by Crippen LogP contribution is -2.53. The summed E-state index contributed by atoms with van der Waals surface area (Å²) >= 11 is 0. The highest BCUT2D eigenvalue weighted by Gasteiger charge is 2.34. The van der Waals surface area contributed by atoms with Crippen LogP contribution in [0.4, 0.5) is 4.79 Å². The summed E-state index contributed by atoms with van der Waals surface area (Å²) in [5, 5.41) is 9.16. The molecule has 0 aromatic carbocycles. The number of hydrogen-bond acceptors (Lipinski definition) is 4. The van der Waals surface area contributed by atoms with E-state index in [1.54, 1.807) is 14.0 Å². The summed E-state index contributed by atoms with van der Waals surface area (Å²) in [6.45, 7) is 2.31. The van der Waals surface area contributed by atoms with Crippen molar-refractivity contribution in [2.24, 2.45) is 5.92 Å². The molecular formula is C13H22N2O5. The summed E-state index contributed by atoms with van der Waals surface area (Å²) < 4.78 is 4.61. The summed E-state index contributed by atoms with van der Waals surface area (Å²) in [5.41, 5.74) is 0. The second-order valence-corrected chi connectivity index (χ2v) is 5.13. The van der Waals surface area contributed by atoms with Gasteiger partial charge in [-0.15, -0.1) is 0 Å². The maximum absolute atomic E-state index is 12.3. The number of carboxylic acids is 1. The van der Waals surface area contributed by atoms with Gasteiger partial charge in [0, 0.05) is 20.1 Å². The molecule has 1 aliphatic heterocycles. The SMILES string of the molecule is COC(=O)C(C)CN(C)C(=O)N1CCCCC1C(=O)O. The van der Waals surface area contributed by atoms with Crippen LogP contribution in [0, 0.1) is 5.92 Å². The van der Waals surface area contributed by atoms with Crippen molar-refractivity contribution >= 4 is 18.0 Å². The zero-order valence-corrected chi connectivity index (χ0v) is 12.2. The van der Waals surface area contributed by atoms with E-state index in [-0.39, 0.29) is 12.6 Å². The van der Waals surface area contributed by atoms with Gasteiger partial charge in [-0.05, 0) is 19.3 Å². The number of methoxy groups -OCH3 is 1. The molecule has 2 unspecified atom stereocenters. The number of aliphatic carboxylic acids is 1. The van der Waals surface area contributed by atoms with Crippen molar-refractivity contribution in [1.29, 1.82) is 0 Å². The number of amides is 2. The fourth-order valence-electron chi connectivity index (χ4n) is 2.40. The Morgan fingerprint density at radius 2 is 2.05 bits per heavy atom. The summed E-state index contributed by atoms with van der Waals surface area (Å²) in [7, 11) is 2.86. The number of ether oxygens (including phenoxy) is 1. The molecule has 2 atom stereocenters. The first-order valence-corrected chi connectivity index (χ1v) is 6.70. The molecule has 0 bridgehead atoms. The third-order valence-corrected chi connectivity index (χ3v) is 3.51. The Hall–Kier alpha value is -1.79. The van der Waals surface area contributed by atoms with Crippen molar-refractivity contribution in [2.45, 2.75) is 32.2 Å². The lowest BCUT2D eigenvalue weighted by molar-refractivity contribution is -0.146. The van der Waals surface area contributed by atoms with Crippen LogP contribution in [0.5, 0.6) is 0 Å². The van der Waals surface area contributed by atoms with Crippen LogP contribution in [-0.2, 0) is 14.3 Å². The fourth-order valence-corrected chi connectivity index (χ4v) is 2.40. The fraction of sp³-hybridized carbons (Fsp3) is 0.769. The van der Waals surface area contributed by atoms with Crippen LogP contribution >= 0.6 is 0 Å². The molecule has 0 aliphatic carbocycles. The van der Waals surface area contributed by atoms with Crippen LogP contribution in [0.3, 0.4) is 0 Å². The highest BCUT2D eigenvalue weighted by atomic mass is 16.5. The smallest absolute Gasteiger partial charge is 0.326 e. The molecule has 1 rings (SSSR count). The van der Waals surface area contributed by atoms with Gasteiger partial charge in [0.15, 0.2) is 0 Å². The van der Waals surface area contributed by atoms with Crippen LogP contribution in [0.2, 0.25) is 0 Å². The number of piperidine rings is 1. The Bertz CT molecular complexity index is 385. The van der Waals surface area contributed by atoms with Gasteiger partial charge < -0.3 is 19.6 Å². The highest BCUT2D eigenvalue weighted by molar-refractivity contribution is 5.83. The topological polar surface area (TPSA) is 87.2 Å². The Labute approximate surface area is 118 Å². The number of urea groups is 1. The Morgan fingerprint density at radius 1 is 1.40 bits per heavy atom. The molecule has 1 N–H and O–H groups in total. The van der Waals surface area contributed by atoms with E-state index in [9.17, 15) is 14.4 Å². The minimum atomic E-state index is -0.979. The largest absolute Gasteiger partial charge is 0.480 e. The second kappa shape index (κ2) is 7.12. The number of rotatable bonds is 4. The number of carbonyl (C=O) groups is 3. The molecule has 7 nitrogen and oxygen atoms in total. The molecule has 1 heterocycles. The van der Waals surface area contributed by atoms with Gasteiger partial charge in [0.05, 0.1) is 13.0 Å². The normalized spacial score (nSPS) is 20.1. The van der Waals surface area contributed by atoms with E-state index < -0.39 is 23.9 Å². The van der Waals surface area contributed by atoms with E-state index in [2.05, 4.69) is 4.74 Å². The molecule has 2 amide bonds. The summed E-state index contributed by atoms with van der Waals surface area (Å²) in [5.74, 6) is -1.81. The Morgan fingerprint density at radius 3 is 2.60 bits per heavy atom. The number of nitrogens with zero attached hydrogens (tertiary/aromatic N) is 2. The minimum Gasteiger partial charge on any atom is -0.480 e. The van der Waals surface area contributed by atoms with Gasteiger partial charge in [-0.25, -0.2) is 9.59 Å². The average Bonchev–Trinajstić information content (AvgIpc) is 2.45. The van der Waals surface area contributed by atoms with Crippen LogP contribution in [0.1, 0.15) is 26.2 Å². The van der Waals surface area contributed by atoms with E-state index in [1.807, 2.05) is 0 Å². The van der Waals surface area contributed by atoms with E-state index in [1.165, 1.54) is 16.9 Å². The quantitative estimate of drug-likeness (QED) is 0.772.